The highest BCUT2D eigenvalue weighted by atomic mass is 79.9. The van der Waals surface area contributed by atoms with Gasteiger partial charge in [0.1, 0.15) is 5.75 Å². The van der Waals surface area contributed by atoms with Gasteiger partial charge < -0.3 is 9.84 Å². The number of methoxy groups -OCH3 is 1. The molecule has 1 N–H and O–H groups in total. The summed E-state index contributed by atoms with van der Waals surface area (Å²) in [6.45, 7) is 3.97. The Kier molecular flexibility index (Phi) is 5.07. The van der Waals surface area contributed by atoms with Crippen LogP contribution in [0.2, 0.25) is 0 Å². The number of hydrogen-bond acceptors (Lipinski definition) is 2. The lowest BCUT2D eigenvalue weighted by Gasteiger charge is -2.25. The van der Waals surface area contributed by atoms with Gasteiger partial charge >= 0.3 is 0 Å². The number of aryl methyl sites for hydroxylation is 1. The third kappa shape index (κ3) is 3.86. The molecule has 1 unspecified atom stereocenters. The first-order chi connectivity index (χ1) is 9.96. The molecule has 2 rings (SSSR count). The first kappa shape index (κ1) is 16.1. The summed E-state index contributed by atoms with van der Waals surface area (Å²) in [6.07, 6.45) is 1.50. The van der Waals surface area contributed by atoms with Crippen molar-refractivity contribution < 1.29 is 9.84 Å². The Labute approximate surface area is 134 Å². The van der Waals surface area contributed by atoms with Crippen LogP contribution in [0, 0.1) is 0 Å². The lowest BCUT2D eigenvalue weighted by molar-refractivity contribution is 0.0569. The molecule has 0 fully saturated rings. The molecule has 0 aliphatic heterocycles. The molecule has 2 aromatic carbocycles. The smallest absolute Gasteiger partial charge is 0.122 e. The molecule has 0 saturated heterocycles. The molecule has 0 aliphatic carbocycles. The molecule has 0 heterocycles. The molecule has 0 aromatic heterocycles. The number of ether oxygens (including phenoxy) is 1. The zero-order valence-corrected chi connectivity index (χ0v) is 14.3. The predicted octanol–water partition coefficient (Wildman–Crippen LogP) is 4.47. The van der Waals surface area contributed by atoms with Gasteiger partial charge in [0.05, 0.1) is 12.7 Å². The van der Waals surface area contributed by atoms with Crippen LogP contribution < -0.4 is 4.74 Å². The molecule has 0 radical (unpaired) electrons. The van der Waals surface area contributed by atoms with Crippen molar-refractivity contribution in [3.05, 3.63) is 63.6 Å². The Hall–Kier alpha value is -1.32. The Morgan fingerprint density at radius 2 is 1.81 bits per heavy atom. The maximum atomic E-state index is 10.8. The lowest BCUT2D eigenvalue weighted by Crippen LogP contribution is -2.24. The van der Waals surface area contributed by atoms with E-state index in [9.17, 15) is 5.11 Å². The van der Waals surface area contributed by atoms with E-state index in [1.54, 1.807) is 7.11 Å². The van der Waals surface area contributed by atoms with Gasteiger partial charge in [0.25, 0.3) is 0 Å². The van der Waals surface area contributed by atoms with Crippen molar-refractivity contribution >= 4 is 15.9 Å². The van der Waals surface area contributed by atoms with Crippen molar-refractivity contribution in [2.75, 3.05) is 7.11 Å². The molecule has 3 heteroatoms. The number of aliphatic hydroxyl groups is 1. The highest BCUT2D eigenvalue weighted by Crippen LogP contribution is 2.31. The van der Waals surface area contributed by atoms with Gasteiger partial charge in [0.2, 0.25) is 0 Å². The number of hydrogen-bond donors (Lipinski definition) is 1. The maximum absolute atomic E-state index is 10.8. The minimum Gasteiger partial charge on any atom is -0.496 e. The van der Waals surface area contributed by atoms with Crippen molar-refractivity contribution in [1.29, 1.82) is 0 Å². The zero-order valence-electron chi connectivity index (χ0n) is 12.7. The van der Waals surface area contributed by atoms with Crippen LogP contribution in [0.1, 0.15) is 30.5 Å². The third-order valence-corrected chi connectivity index (χ3v) is 4.25. The fraction of sp³-hybridized carbons (Fsp3) is 0.333. The van der Waals surface area contributed by atoms with E-state index in [1.165, 1.54) is 5.56 Å². The van der Waals surface area contributed by atoms with Crippen LogP contribution in [0.4, 0.5) is 0 Å². The van der Waals surface area contributed by atoms with Crippen LogP contribution in [0.25, 0.3) is 0 Å². The summed E-state index contributed by atoms with van der Waals surface area (Å²) in [5.74, 6) is 0.795. The quantitative estimate of drug-likeness (QED) is 0.863. The Balaban J connectivity index is 2.29. The van der Waals surface area contributed by atoms with Crippen molar-refractivity contribution in [1.82, 2.24) is 0 Å². The van der Waals surface area contributed by atoms with Gasteiger partial charge in [-0.1, -0.05) is 47.1 Å². The van der Waals surface area contributed by atoms with Gasteiger partial charge in [-0.25, -0.2) is 0 Å². The summed E-state index contributed by atoms with van der Waals surface area (Å²) in [5, 5.41) is 10.8. The molecule has 0 aliphatic rings. The summed E-state index contributed by atoms with van der Waals surface area (Å²) >= 11 is 3.47. The third-order valence-electron chi connectivity index (χ3n) is 3.76. The van der Waals surface area contributed by atoms with E-state index in [-0.39, 0.29) is 0 Å². The van der Waals surface area contributed by atoms with Gasteiger partial charge in [0, 0.05) is 10.9 Å². The zero-order chi connectivity index (χ0) is 15.5. The second-order valence-corrected chi connectivity index (χ2v) is 6.37. The first-order valence-corrected chi connectivity index (χ1v) is 7.90. The minimum absolute atomic E-state index is 0.501. The van der Waals surface area contributed by atoms with Crippen molar-refractivity contribution in [2.45, 2.75) is 32.3 Å². The lowest BCUT2D eigenvalue weighted by atomic mass is 9.88. The number of benzene rings is 2. The summed E-state index contributed by atoms with van der Waals surface area (Å²) in [4.78, 5) is 0. The van der Waals surface area contributed by atoms with Crippen molar-refractivity contribution in [3.8, 4) is 5.75 Å². The molecule has 1 atom stereocenters. The van der Waals surface area contributed by atoms with Crippen LogP contribution >= 0.6 is 15.9 Å². The predicted molar refractivity (Wildman–Crippen MR) is 89.8 cm³/mol. The SMILES string of the molecule is CCc1ccc(C(C)(O)Cc2cc(Br)ccc2OC)cc1. The fourth-order valence-corrected chi connectivity index (χ4v) is 2.87. The van der Waals surface area contributed by atoms with E-state index in [1.807, 2.05) is 37.3 Å². The Morgan fingerprint density at radius 1 is 1.14 bits per heavy atom. The topological polar surface area (TPSA) is 29.5 Å². The average Bonchev–Trinajstić information content (AvgIpc) is 2.47. The molecule has 0 bridgehead atoms. The van der Waals surface area contributed by atoms with Gasteiger partial charge in [-0.3, -0.25) is 0 Å². The summed E-state index contributed by atoms with van der Waals surface area (Å²) in [5.41, 5.74) is 2.24. The largest absolute Gasteiger partial charge is 0.496 e. The second-order valence-electron chi connectivity index (χ2n) is 5.46. The standard InChI is InChI=1S/C18H21BrO2/c1-4-13-5-7-15(8-6-13)18(2,20)12-14-11-16(19)9-10-17(14)21-3/h5-11,20H,4,12H2,1-3H3. The van der Waals surface area contributed by atoms with Crippen LogP contribution in [0.5, 0.6) is 5.75 Å². The highest BCUT2D eigenvalue weighted by molar-refractivity contribution is 9.10. The van der Waals surface area contributed by atoms with Crippen molar-refractivity contribution in [2.24, 2.45) is 0 Å². The van der Waals surface area contributed by atoms with Gasteiger partial charge in [-0.2, -0.15) is 0 Å². The van der Waals surface area contributed by atoms with E-state index in [2.05, 4.69) is 35.0 Å². The van der Waals surface area contributed by atoms with Crippen LogP contribution in [0.15, 0.2) is 46.9 Å². The Bertz CT molecular complexity index is 603. The molecule has 2 aromatic rings. The molecule has 0 saturated carbocycles. The fourth-order valence-electron chi connectivity index (χ4n) is 2.46. The average molecular weight is 349 g/mol. The van der Waals surface area contributed by atoms with Crippen LogP contribution in [-0.4, -0.2) is 12.2 Å². The second kappa shape index (κ2) is 6.63. The van der Waals surface area contributed by atoms with Gasteiger partial charge in [0.15, 0.2) is 0 Å². The molecular weight excluding hydrogens is 328 g/mol. The van der Waals surface area contributed by atoms with E-state index in [0.717, 1.165) is 27.8 Å². The normalized spacial score (nSPS) is 13.8. The molecule has 112 valence electrons. The van der Waals surface area contributed by atoms with E-state index < -0.39 is 5.60 Å². The maximum Gasteiger partial charge on any atom is 0.122 e. The molecule has 0 amide bonds. The molecular formula is C18H21BrO2. The van der Waals surface area contributed by atoms with Gasteiger partial charge in [-0.05, 0) is 48.2 Å². The van der Waals surface area contributed by atoms with Gasteiger partial charge in [-0.15, -0.1) is 0 Å². The van der Waals surface area contributed by atoms with Crippen molar-refractivity contribution in [3.63, 3.8) is 0 Å². The number of halogens is 1. The first-order valence-electron chi connectivity index (χ1n) is 7.10. The summed E-state index contributed by atoms with van der Waals surface area (Å²) in [6, 6.07) is 14.0. The van der Waals surface area contributed by atoms with Crippen LogP contribution in [-0.2, 0) is 18.4 Å². The van der Waals surface area contributed by atoms with E-state index in [0.29, 0.717) is 6.42 Å². The molecule has 21 heavy (non-hydrogen) atoms. The minimum atomic E-state index is -0.930. The summed E-state index contributed by atoms with van der Waals surface area (Å²) in [7, 11) is 1.65. The van der Waals surface area contributed by atoms with Crippen LogP contribution in [0.3, 0.4) is 0 Å². The highest BCUT2D eigenvalue weighted by Gasteiger charge is 2.25. The monoisotopic (exact) mass is 348 g/mol. The van der Waals surface area contributed by atoms with E-state index in [4.69, 9.17) is 4.74 Å². The molecule has 2 nitrogen and oxygen atoms in total. The van der Waals surface area contributed by atoms with E-state index >= 15 is 0 Å². The number of rotatable bonds is 5. The summed E-state index contributed by atoms with van der Waals surface area (Å²) < 4.78 is 6.37. The molecule has 0 spiro atoms. The Morgan fingerprint density at radius 3 is 2.38 bits per heavy atom.